The van der Waals surface area contributed by atoms with E-state index in [0.717, 1.165) is 21.9 Å². The van der Waals surface area contributed by atoms with E-state index in [9.17, 15) is 4.79 Å². The highest BCUT2D eigenvalue weighted by Gasteiger charge is 2.25. The maximum absolute atomic E-state index is 12.0. The summed E-state index contributed by atoms with van der Waals surface area (Å²) in [5, 5.41) is 9.00. The molecule has 34 heavy (non-hydrogen) atoms. The van der Waals surface area contributed by atoms with Gasteiger partial charge in [0.2, 0.25) is 11.8 Å². The van der Waals surface area contributed by atoms with Crippen LogP contribution in [-0.4, -0.2) is 69.2 Å². The van der Waals surface area contributed by atoms with Crippen molar-refractivity contribution in [3.8, 4) is 17.6 Å². The van der Waals surface area contributed by atoms with Gasteiger partial charge in [0.15, 0.2) is 5.75 Å². The molecule has 5 rings (SSSR count). The molecule has 0 radical (unpaired) electrons. The summed E-state index contributed by atoms with van der Waals surface area (Å²) in [7, 11) is 1.51. The molecule has 0 spiro atoms. The number of benzene rings is 1. The minimum absolute atomic E-state index is 0.0785. The zero-order valence-corrected chi connectivity index (χ0v) is 19.5. The normalized spacial score (nSPS) is 14.0. The highest BCUT2D eigenvalue weighted by molar-refractivity contribution is 6.34. The second-order valence-corrected chi connectivity index (χ2v) is 8.21. The number of hydrogen-bond donors (Lipinski definition) is 1. The van der Waals surface area contributed by atoms with E-state index in [0.29, 0.717) is 48.3 Å². The Labute approximate surface area is 200 Å². The SMILES string of the molecule is C=CC(=O)N1CCN(c2nc(OC)nc3c(Oc4c(Cl)c(C)cc5[nH]ncc45)nccc23)CC1. The molecule has 4 heterocycles. The number of hydrogen-bond acceptors (Lipinski definition) is 8. The summed E-state index contributed by atoms with van der Waals surface area (Å²) in [4.78, 5) is 29.4. The fourth-order valence-electron chi connectivity index (χ4n) is 4.03. The van der Waals surface area contributed by atoms with Gasteiger partial charge in [-0.05, 0) is 30.7 Å². The quantitative estimate of drug-likeness (QED) is 0.433. The van der Waals surface area contributed by atoms with E-state index in [1.807, 2.05) is 19.1 Å². The van der Waals surface area contributed by atoms with E-state index in [1.165, 1.54) is 13.2 Å². The molecule has 174 valence electrons. The van der Waals surface area contributed by atoms with Crippen LogP contribution in [0.4, 0.5) is 5.82 Å². The summed E-state index contributed by atoms with van der Waals surface area (Å²) >= 11 is 6.59. The lowest BCUT2D eigenvalue weighted by molar-refractivity contribution is -0.126. The second-order valence-electron chi connectivity index (χ2n) is 7.83. The Hall–Kier alpha value is -3.92. The number of nitrogens with one attached hydrogen (secondary N) is 1. The monoisotopic (exact) mass is 479 g/mol. The third-order valence-electron chi connectivity index (χ3n) is 5.81. The number of nitrogens with zero attached hydrogens (tertiary/aromatic N) is 6. The Morgan fingerprint density at radius 2 is 2.03 bits per heavy atom. The number of aryl methyl sites for hydroxylation is 1. The van der Waals surface area contributed by atoms with Gasteiger partial charge in [-0.25, -0.2) is 4.98 Å². The minimum Gasteiger partial charge on any atom is -0.467 e. The van der Waals surface area contributed by atoms with Crippen molar-refractivity contribution in [1.29, 1.82) is 0 Å². The van der Waals surface area contributed by atoms with E-state index in [2.05, 4.69) is 36.6 Å². The van der Waals surface area contributed by atoms with E-state index >= 15 is 0 Å². The van der Waals surface area contributed by atoms with Gasteiger partial charge in [-0.3, -0.25) is 9.89 Å². The molecule has 0 bridgehead atoms. The van der Waals surface area contributed by atoms with E-state index in [-0.39, 0.29) is 17.8 Å². The van der Waals surface area contributed by atoms with Crippen LogP contribution in [0.5, 0.6) is 17.6 Å². The van der Waals surface area contributed by atoms with Crippen LogP contribution in [0.15, 0.2) is 37.2 Å². The van der Waals surface area contributed by atoms with Crippen LogP contribution in [0.2, 0.25) is 5.02 Å². The first kappa shape index (κ1) is 21.9. The Balaban J connectivity index is 1.57. The van der Waals surface area contributed by atoms with Gasteiger partial charge in [0.1, 0.15) is 11.3 Å². The molecular formula is C23H22ClN7O3. The number of halogens is 1. The van der Waals surface area contributed by atoms with Crippen LogP contribution in [-0.2, 0) is 4.79 Å². The first-order valence-corrected chi connectivity index (χ1v) is 11.0. The molecule has 1 saturated heterocycles. The summed E-state index contributed by atoms with van der Waals surface area (Å²) in [5.74, 6) is 1.32. The van der Waals surface area contributed by atoms with Crippen molar-refractivity contribution in [3.63, 3.8) is 0 Å². The number of anilines is 1. The van der Waals surface area contributed by atoms with Crippen LogP contribution >= 0.6 is 11.6 Å². The predicted octanol–water partition coefficient (Wildman–Crippen LogP) is 3.50. The van der Waals surface area contributed by atoms with Crippen LogP contribution in [0, 0.1) is 6.92 Å². The van der Waals surface area contributed by atoms with Crippen LogP contribution in [0.1, 0.15) is 5.56 Å². The number of fused-ring (bicyclic) bond motifs is 2. The molecule has 0 aliphatic carbocycles. The van der Waals surface area contributed by atoms with Crippen LogP contribution in [0.3, 0.4) is 0 Å². The molecule has 0 saturated carbocycles. The van der Waals surface area contributed by atoms with Gasteiger partial charge >= 0.3 is 6.01 Å². The first-order chi connectivity index (χ1) is 16.5. The molecule has 11 heteroatoms. The maximum Gasteiger partial charge on any atom is 0.318 e. The number of H-pyrrole nitrogens is 1. The highest BCUT2D eigenvalue weighted by Crippen LogP contribution is 2.40. The van der Waals surface area contributed by atoms with Gasteiger partial charge < -0.3 is 19.3 Å². The Morgan fingerprint density at radius 3 is 2.76 bits per heavy atom. The molecule has 1 aliphatic heterocycles. The van der Waals surface area contributed by atoms with Crippen molar-refractivity contribution in [2.45, 2.75) is 6.92 Å². The molecule has 1 aliphatic rings. The Kier molecular flexibility index (Phi) is 5.66. The van der Waals surface area contributed by atoms with Crippen molar-refractivity contribution in [2.75, 3.05) is 38.2 Å². The second kappa shape index (κ2) is 8.79. The van der Waals surface area contributed by atoms with Gasteiger partial charge in [0.25, 0.3) is 0 Å². The number of pyridine rings is 1. The molecule has 0 atom stereocenters. The Bertz CT molecular complexity index is 1410. The van der Waals surface area contributed by atoms with Crippen LogP contribution < -0.4 is 14.4 Å². The summed E-state index contributed by atoms with van der Waals surface area (Å²) in [5.41, 5.74) is 2.13. The van der Waals surface area contributed by atoms with Crippen molar-refractivity contribution in [1.82, 2.24) is 30.0 Å². The van der Waals surface area contributed by atoms with E-state index in [4.69, 9.17) is 21.1 Å². The average Bonchev–Trinajstić information content (AvgIpc) is 3.33. The van der Waals surface area contributed by atoms with E-state index < -0.39 is 0 Å². The standard InChI is InChI=1S/C23H22ClN7O3/c1-4-17(32)30-7-9-31(10-8-30)21-14-5-6-25-22(19(14)27-23(28-21)33-3)34-20-15-12-26-29-16(15)11-13(2)18(20)24/h4-6,11-12H,1,7-10H2,2-3H3,(H,26,29). The fourth-order valence-corrected chi connectivity index (χ4v) is 4.23. The van der Waals surface area contributed by atoms with Crippen molar-refractivity contribution in [2.24, 2.45) is 0 Å². The molecule has 1 fully saturated rings. The summed E-state index contributed by atoms with van der Waals surface area (Å²) in [6.45, 7) is 7.79. The highest BCUT2D eigenvalue weighted by atomic mass is 35.5. The molecule has 0 unspecified atom stereocenters. The molecule has 3 aromatic heterocycles. The Morgan fingerprint density at radius 1 is 1.24 bits per heavy atom. The number of amides is 1. The average molecular weight is 480 g/mol. The largest absolute Gasteiger partial charge is 0.467 e. The summed E-state index contributed by atoms with van der Waals surface area (Å²) in [6, 6.07) is 3.94. The smallest absolute Gasteiger partial charge is 0.318 e. The van der Waals surface area contributed by atoms with Gasteiger partial charge in [-0.2, -0.15) is 15.1 Å². The van der Waals surface area contributed by atoms with E-state index in [1.54, 1.807) is 17.3 Å². The number of rotatable bonds is 5. The molecule has 4 aromatic rings. The zero-order valence-electron chi connectivity index (χ0n) is 18.7. The van der Waals surface area contributed by atoms with Crippen molar-refractivity contribution >= 4 is 45.1 Å². The van der Waals surface area contributed by atoms with Crippen molar-refractivity contribution in [3.05, 3.63) is 47.8 Å². The lowest BCUT2D eigenvalue weighted by Crippen LogP contribution is -2.48. The van der Waals surface area contributed by atoms with Gasteiger partial charge in [0.05, 0.1) is 34.6 Å². The van der Waals surface area contributed by atoms with Crippen LogP contribution in [0.25, 0.3) is 21.8 Å². The lowest BCUT2D eigenvalue weighted by atomic mass is 10.1. The molecule has 1 amide bonds. The van der Waals surface area contributed by atoms with Gasteiger partial charge in [0, 0.05) is 32.4 Å². The predicted molar refractivity (Wildman–Crippen MR) is 129 cm³/mol. The number of aromatic nitrogens is 5. The third kappa shape index (κ3) is 3.75. The number of carbonyl (C=O) groups excluding carboxylic acids is 1. The molecular weight excluding hydrogens is 458 g/mol. The number of carbonyl (C=O) groups is 1. The lowest BCUT2D eigenvalue weighted by Gasteiger charge is -2.35. The molecule has 1 N–H and O–H groups in total. The molecule has 10 nitrogen and oxygen atoms in total. The first-order valence-electron chi connectivity index (χ1n) is 10.7. The number of piperazine rings is 1. The number of aromatic amines is 1. The fraction of sp³-hybridized carbons (Fsp3) is 0.261. The summed E-state index contributed by atoms with van der Waals surface area (Å²) in [6.07, 6.45) is 4.64. The third-order valence-corrected chi connectivity index (χ3v) is 6.28. The van der Waals surface area contributed by atoms with Gasteiger partial charge in [-0.15, -0.1) is 0 Å². The zero-order chi connectivity index (χ0) is 23.8. The maximum atomic E-state index is 12.0. The minimum atomic E-state index is -0.0785. The van der Waals surface area contributed by atoms with Crippen molar-refractivity contribution < 1.29 is 14.3 Å². The summed E-state index contributed by atoms with van der Waals surface area (Å²) < 4.78 is 11.6. The molecule has 1 aromatic carbocycles. The number of ether oxygens (including phenoxy) is 2. The topological polar surface area (TPSA) is 109 Å². The van der Waals surface area contributed by atoms with Gasteiger partial charge in [-0.1, -0.05) is 18.2 Å². The number of methoxy groups -OCH3 is 1.